The van der Waals surface area contributed by atoms with E-state index in [-0.39, 0.29) is 23.6 Å². The Morgan fingerprint density at radius 1 is 0.649 bits per heavy atom. The summed E-state index contributed by atoms with van der Waals surface area (Å²) in [6, 6.07) is 23.3. The molecule has 0 aliphatic carbocycles. The van der Waals surface area contributed by atoms with Crippen LogP contribution in [0.25, 0.3) is 34.4 Å². The highest BCUT2D eigenvalue weighted by molar-refractivity contribution is 9.11. The fraction of sp³-hybridized carbons (Fsp3) is 0.273. The summed E-state index contributed by atoms with van der Waals surface area (Å²) in [5.41, 5.74) is 4.76. The van der Waals surface area contributed by atoms with E-state index in [0.717, 1.165) is 78.0 Å². The van der Waals surface area contributed by atoms with Crippen LogP contribution in [-0.2, 0) is 19.2 Å². The van der Waals surface area contributed by atoms with Gasteiger partial charge in [0.2, 0.25) is 23.6 Å². The molecule has 0 radical (unpaired) electrons. The predicted molar refractivity (Wildman–Crippen MR) is 238 cm³/mol. The largest absolute Gasteiger partial charge is 0.352 e. The molecule has 0 saturated carbocycles. The lowest BCUT2D eigenvalue weighted by molar-refractivity contribution is -0.128. The second-order valence-electron chi connectivity index (χ2n) is 13.7. The number of benzene rings is 4. The van der Waals surface area contributed by atoms with Gasteiger partial charge in [0.1, 0.15) is 0 Å². The van der Waals surface area contributed by atoms with Crippen molar-refractivity contribution in [2.75, 3.05) is 39.3 Å². The summed E-state index contributed by atoms with van der Waals surface area (Å²) in [5.74, 6) is -0.109. The Balaban J connectivity index is 1.22. The van der Waals surface area contributed by atoms with Crippen molar-refractivity contribution in [3.8, 4) is 22.3 Å². The van der Waals surface area contributed by atoms with Crippen LogP contribution in [0.15, 0.2) is 104 Å². The van der Waals surface area contributed by atoms with Gasteiger partial charge in [-0.05, 0) is 84.4 Å². The number of nitrogens with zero attached hydrogens (tertiary/aromatic N) is 2. The molecule has 2 aliphatic heterocycles. The van der Waals surface area contributed by atoms with Gasteiger partial charge in [-0.2, -0.15) is 0 Å². The predicted octanol–water partition coefficient (Wildman–Crippen LogP) is 10.3. The quantitative estimate of drug-likeness (QED) is 0.0861. The normalized spacial score (nSPS) is 14.4. The summed E-state index contributed by atoms with van der Waals surface area (Å²) in [7, 11) is 0. The van der Waals surface area contributed by atoms with Crippen LogP contribution in [0.3, 0.4) is 0 Å². The first-order chi connectivity index (χ1) is 27.6. The van der Waals surface area contributed by atoms with Crippen molar-refractivity contribution in [3.63, 3.8) is 0 Å². The van der Waals surface area contributed by atoms with E-state index in [9.17, 15) is 19.2 Å². The molecule has 2 saturated heterocycles. The second-order valence-corrected chi connectivity index (χ2v) is 17.2. The van der Waals surface area contributed by atoms with Crippen LogP contribution < -0.4 is 10.6 Å². The van der Waals surface area contributed by atoms with Crippen molar-refractivity contribution in [3.05, 3.63) is 115 Å². The minimum atomic E-state index is -0.233. The van der Waals surface area contributed by atoms with E-state index in [2.05, 4.69) is 42.5 Å². The third kappa shape index (κ3) is 11.2. The van der Waals surface area contributed by atoms with Gasteiger partial charge in [0.05, 0.1) is 10.0 Å². The number of likely N-dealkylation sites (tertiary alicyclic amines) is 2. The molecule has 296 valence electrons. The van der Waals surface area contributed by atoms with Gasteiger partial charge in [0, 0.05) is 94.1 Å². The van der Waals surface area contributed by atoms with Gasteiger partial charge in [0.25, 0.3) is 0 Å². The third-order valence-corrected chi connectivity index (χ3v) is 13.3. The molecule has 0 bridgehead atoms. The van der Waals surface area contributed by atoms with Gasteiger partial charge >= 0.3 is 0 Å². The number of amides is 4. The maximum Gasteiger partial charge on any atom is 0.244 e. The molecule has 2 aliphatic rings. The maximum atomic E-state index is 12.8. The number of nitrogens with one attached hydrogen (secondary N) is 2. The van der Waals surface area contributed by atoms with Crippen LogP contribution in [-0.4, -0.2) is 72.7 Å². The van der Waals surface area contributed by atoms with Crippen molar-refractivity contribution in [1.29, 1.82) is 0 Å². The van der Waals surface area contributed by atoms with E-state index in [1.165, 1.54) is 23.9 Å². The fourth-order valence-electron chi connectivity index (χ4n) is 6.87. The van der Waals surface area contributed by atoms with E-state index in [0.29, 0.717) is 61.9 Å². The van der Waals surface area contributed by atoms with Gasteiger partial charge in [-0.1, -0.05) is 115 Å². The molecule has 4 amide bonds. The van der Waals surface area contributed by atoms with Crippen molar-refractivity contribution in [2.24, 2.45) is 0 Å². The fourth-order valence-corrected chi connectivity index (χ4v) is 9.50. The van der Waals surface area contributed by atoms with Crippen LogP contribution in [0.5, 0.6) is 0 Å². The van der Waals surface area contributed by atoms with Crippen LogP contribution >= 0.6 is 66.8 Å². The minimum absolute atomic E-state index is 0.178. The molecule has 8 nitrogen and oxygen atoms in total. The number of hydrogen-bond donors (Lipinski definition) is 2. The SMILES string of the molecule is O=C(C=Cc1ccc(Sc2ccc(C=CC(=O)NCCCN3CCCC3=O)c(-c3ccccc3Br)c2Cl)c(Cl)c1-c1ccccc1Br)NCCCN1CCCC1=O. The van der Waals surface area contributed by atoms with E-state index in [1.807, 2.05) is 82.6 Å². The highest BCUT2D eigenvalue weighted by Crippen LogP contribution is 2.48. The number of carbonyl (C=O) groups excluding carboxylic acids is 4. The first kappa shape index (κ1) is 42.7. The molecule has 4 aromatic rings. The summed E-state index contributed by atoms with van der Waals surface area (Å²) in [4.78, 5) is 54.7. The minimum Gasteiger partial charge on any atom is -0.352 e. The van der Waals surface area contributed by atoms with Crippen molar-refractivity contribution < 1.29 is 19.2 Å². The third-order valence-electron chi connectivity index (χ3n) is 9.76. The maximum absolute atomic E-state index is 12.8. The van der Waals surface area contributed by atoms with Crippen LogP contribution in [0.1, 0.15) is 49.7 Å². The standard InChI is InChI=1S/C44H42Br2Cl2N4O4S/c45-33-11-3-1-9-31(33)41-29(17-21-37(53)49-23-7-27-51-25-5-13-39(51)55)15-19-35(43(41)47)57-36-20-16-30(42(44(36)48)32-10-2-4-12-34(32)46)18-22-38(54)50-24-8-28-52-26-6-14-40(52)56/h1-4,9-12,15-22H,5-8,13-14,23-28H2,(H,49,53)(H,50,54). The second kappa shape index (κ2) is 20.7. The Bertz CT molecular complexity index is 2060. The molecule has 6 rings (SSSR count). The molecular formula is C44H42Br2Cl2N4O4S. The Labute approximate surface area is 364 Å². The first-order valence-electron chi connectivity index (χ1n) is 18.9. The van der Waals surface area contributed by atoms with Gasteiger partial charge in [-0.3, -0.25) is 19.2 Å². The summed E-state index contributed by atoms with van der Waals surface area (Å²) >= 11 is 23.4. The highest BCUT2D eigenvalue weighted by atomic mass is 79.9. The van der Waals surface area contributed by atoms with E-state index < -0.39 is 0 Å². The lowest BCUT2D eigenvalue weighted by atomic mass is 9.99. The molecule has 4 aromatic carbocycles. The van der Waals surface area contributed by atoms with Gasteiger partial charge in [0.15, 0.2) is 0 Å². The molecule has 0 spiro atoms. The average molecular weight is 954 g/mol. The zero-order valence-electron chi connectivity index (χ0n) is 31.2. The molecular weight excluding hydrogens is 911 g/mol. The summed E-state index contributed by atoms with van der Waals surface area (Å²) in [6.45, 7) is 3.78. The Hall–Kier alpha value is -3.87. The Morgan fingerprint density at radius 2 is 1.07 bits per heavy atom. The van der Waals surface area contributed by atoms with Crippen LogP contribution in [0, 0.1) is 0 Å². The van der Waals surface area contributed by atoms with Gasteiger partial charge < -0.3 is 20.4 Å². The number of hydrogen-bond acceptors (Lipinski definition) is 5. The van der Waals surface area contributed by atoms with E-state index >= 15 is 0 Å². The summed E-state index contributed by atoms with van der Waals surface area (Å²) < 4.78 is 1.70. The van der Waals surface area contributed by atoms with E-state index in [4.69, 9.17) is 23.2 Å². The van der Waals surface area contributed by atoms with E-state index in [1.54, 1.807) is 12.2 Å². The van der Waals surface area contributed by atoms with Crippen LogP contribution in [0.2, 0.25) is 10.0 Å². The number of halogens is 4. The molecule has 2 fully saturated rings. The molecule has 2 N–H and O–H groups in total. The van der Waals surface area contributed by atoms with Crippen molar-refractivity contribution in [1.82, 2.24) is 20.4 Å². The Kier molecular flexibility index (Phi) is 15.5. The molecule has 13 heteroatoms. The van der Waals surface area contributed by atoms with Crippen molar-refractivity contribution >= 4 is 103 Å². The Morgan fingerprint density at radius 3 is 1.46 bits per heavy atom. The number of rotatable bonds is 16. The molecule has 57 heavy (non-hydrogen) atoms. The molecule has 2 heterocycles. The lowest BCUT2D eigenvalue weighted by Crippen LogP contribution is -2.29. The molecule has 0 unspecified atom stereocenters. The lowest BCUT2D eigenvalue weighted by Gasteiger charge is -2.17. The summed E-state index contributed by atoms with van der Waals surface area (Å²) in [6.07, 6.45) is 10.9. The topological polar surface area (TPSA) is 98.8 Å². The zero-order chi connectivity index (χ0) is 40.3. The van der Waals surface area contributed by atoms with Crippen molar-refractivity contribution in [2.45, 2.75) is 48.3 Å². The van der Waals surface area contributed by atoms with Crippen LogP contribution in [0.4, 0.5) is 0 Å². The van der Waals surface area contributed by atoms with Gasteiger partial charge in [-0.15, -0.1) is 0 Å². The first-order valence-corrected chi connectivity index (χ1v) is 22.1. The highest BCUT2D eigenvalue weighted by Gasteiger charge is 2.22. The smallest absolute Gasteiger partial charge is 0.244 e. The number of carbonyl (C=O) groups is 4. The summed E-state index contributed by atoms with van der Waals surface area (Å²) in [5, 5.41) is 6.85. The molecule has 0 aromatic heterocycles. The van der Waals surface area contributed by atoms with Gasteiger partial charge in [-0.25, -0.2) is 0 Å². The molecule has 0 atom stereocenters. The zero-order valence-corrected chi connectivity index (χ0v) is 36.7. The monoisotopic (exact) mass is 950 g/mol. The average Bonchev–Trinajstić information content (AvgIpc) is 3.82.